The van der Waals surface area contributed by atoms with Gasteiger partial charge in [0.25, 0.3) is 11.5 Å². The van der Waals surface area contributed by atoms with E-state index in [1.54, 1.807) is 6.08 Å². The highest BCUT2D eigenvalue weighted by Crippen LogP contribution is 2.26. The molecule has 1 aromatic carbocycles. The van der Waals surface area contributed by atoms with E-state index < -0.39 is 11.5 Å². The van der Waals surface area contributed by atoms with E-state index in [9.17, 15) is 9.59 Å². The fourth-order valence-corrected chi connectivity index (χ4v) is 3.09. The summed E-state index contributed by atoms with van der Waals surface area (Å²) >= 11 is 6.26. The van der Waals surface area contributed by atoms with Crippen molar-refractivity contribution in [1.29, 1.82) is 0 Å². The van der Waals surface area contributed by atoms with Gasteiger partial charge < -0.3 is 15.1 Å². The third kappa shape index (κ3) is 3.88. The summed E-state index contributed by atoms with van der Waals surface area (Å²) in [6.45, 7) is 6.72. The molecular formula is C18H20ClN5O2. The van der Waals surface area contributed by atoms with Crippen LogP contribution in [0.1, 0.15) is 10.4 Å². The average Bonchev–Trinajstić information content (AvgIpc) is 2.66. The Morgan fingerprint density at radius 1 is 1.27 bits per heavy atom. The number of benzene rings is 1. The summed E-state index contributed by atoms with van der Waals surface area (Å²) < 4.78 is 0. The van der Waals surface area contributed by atoms with Crippen molar-refractivity contribution in [2.45, 2.75) is 0 Å². The van der Waals surface area contributed by atoms with E-state index in [4.69, 9.17) is 11.6 Å². The number of carbonyl (C=O) groups is 1. The number of H-pyrrole nitrogens is 1. The molecule has 0 radical (unpaired) electrons. The number of hydrogen-bond donors (Lipinski definition) is 2. The lowest BCUT2D eigenvalue weighted by Crippen LogP contribution is -2.47. The largest absolute Gasteiger partial charge is 0.367 e. The van der Waals surface area contributed by atoms with Crippen LogP contribution in [-0.4, -0.2) is 48.6 Å². The molecule has 0 unspecified atom stereocenters. The van der Waals surface area contributed by atoms with Crippen LogP contribution in [0.5, 0.6) is 0 Å². The Labute approximate surface area is 156 Å². The van der Waals surface area contributed by atoms with Crippen LogP contribution in [0.2, 0.25) is 5.02 Å². The van der Waals surface area contributed by atoms with E-state index in [-0.39, 0.29) is 5.56 Å². The van der Waals surface area contributed by atoms with Crippen molar-refractivity contribution in [2.24, 2.45) is 0 Å². The lowest BCUT2D eigenvalue weighted by molar-refractivity contribution is 0.0956. The third-order valence-corrected chi connectivity index (χ3v) is 4.53. The molecular weight excluding hydrogens is 354 g/mol. The van der Waals surface area contributed by atoms with Gasteiger partial charge in [0.05, 0.1) is 10.7 Å². The molecule has 0 spiro atoms. The number of nitrogens with zero attached hydrogens (tertiary/aromatic N) is 3. The SMILES string of the molecule is C=CCNC(=O)c1cnc(N2CCN(c3ccccc3Cl)CC2)[nH]c1=O. The first-order valence-electron chi connectivity index (χ1n) is 8.33. The number of hydrogen-bond acceptors (Lipinski definition) is 5. The van der Waals surface area contributed by atoms with Gasteiger partial charge in [-0.1, -0.05) is 29.8 Å². The Bertz CT molecular complexity index is 859. The zero-order valence-corrected chi connectivity index (χ0v) is 15.0. The van der Waals surface area contributed by atoms with Crippen LogP contribution in [0.25, 0.3) is 0 Å². The Morgan fingerprint density at radius 2 is 1.96 bits per heavy atom. The fourth-order valence-electron chi connectivity index (χ4n) is 2.84. The number of aromatic amines is 1. The molecule has 0 bridgehead atoms. The van der Waals surface area contributed by atoms with E-state index in [0.29, 0.717) is 25.6 Å². The second-order valence-electron chi connectivity index (χ2n) is 5.87. The minimum Gasteiger partial charge on any atom is -0.367 e. The summed E-state index contributed by atoms with van der Waals surface area (Å²) in [4.78, 5) is 35.2. The van der Waals surface area contributed by atoms with Crippen LogP contribution < -0.4 is 20.7 Å². The number of amides is 1. The quantitative estimate of drug-likeness (QED) is 0.779. The summed E-state index contributed by atoms with van der Waals surface area (Å²) in [5.41, 5.74) is 0.542. The van der Waals surface area contributed by atoms with Crippen molar-refractivity contribution in [3.05, 3.63) is 64.1 Å². The standard InChI is InChI=1S/C18H20ClN5O2/c1-2-7-20-16(25)13-12-21-18(22-17(13)26)24-10-8-23(9-11-24)15-6-4-3-5-14(15)19/h2-6,12H,1,7-11H2,(H,20,25)(H,21,22,26). The van der Waals surface area contributed by atoms with Gasteiger partial charge in [-0.05, 0) is 12.1 Å². The molecule has 1 amide bonds. The second-order valence-corrected chi connectivity index (χ2v) is 6.28. The smallest absolute Gasteiger partial charge is 0.265 e. The van der Waals surface area contributed by atoms with Gasteiger partial charge in [-0.2, -0.15) is 0 Å². The van der Waals surface area contributed by atoms with Gasteiger partial charge in [0, 0.05) is 38.9 Å². The maximum atomic E-state index is 12.2. The zero-order chi connectivity index (χ0) is 18.5. The molecule has 136 valence electrons. The van der Waals surface area contributed by atoms with Crippen molar-refractivity contribution in [3.63, 3.8) is 0 Å². The summed E-state index contributed by atoms with van der Waals surface area (Å²) in [5.74, 6) is 0.00261. The molecule has 0 atom stereocenters. The molecule has 1 aliphatic heterocycles. The van der Waals surface area contributed by atoms with Crippen LogP contribution >= 0.6 is 11.6 Å². The minimum atomic E-state index is -0.464. The fraction of sp³-hybridized carbons (Fsp3) is 0.278. The number of rotatable bonds is 5. The molecule has 7 nitrogen and oxygen atoms in total. The molecule has 1 saturated heterocycles. The predicted octanol–water partition coefficient (Wildman–Crippen LogP) is 1.67. The second kappa shape index (κ2) is 8.05. The van der Waals surface area contributed by atoms with E-state index >= 15 is 0 Å². The Morgan fingerprint density at radius 3 is 2.62 bits per heavy atom. The highest BCUT2D eigenvalue weighted by atomic mass is 35.5. The third-order valence-electron chi connectivity index (χ3n) is 4.21. The van der Waals surface area contributed by atoms with Crippen molar-refractivity contribution < 1.29 is 4.79 Å². The van der Waals surface area contributed by atoms with Crippen LogP contribution in [0.3, 0.4) is 0 Å². The first-order valence-corrected chi connectivity index (χ1v) is 8.71. The van der Waals surface area contributed by atoms with Gasteiger partial charge >= 0.3 is 0 Å². The van der Waals surface area contributed by atoms with Crippen molar-refractivity contribution in [2.75, 3.05) is 42.5 Å². The van der Waals surface area contributed by atoms with Crippen molar-refractivity contribution in [3.8, 4) is 0 Å². The maximum Gasteiger partial charge on any atom is 0.265 e. The maximum absolute atomic E-state index is 12.2. The Hall–Kier alpha value is -2.80. The molecule has 3 rings (SSSR count). The van der Waals surface area contributed by atoms with Gasteiger partial charge in [0.2, 0.25) is 5.95 Å². The van der Waals surface area contributed by atoms with Crippen LogP contribution in [0, 0.1) is 0 Å². The molecule has 8 heteroatoms. The molecule has 0 saturated carbocycles. The van der Waals surface area contributed by atoms with E-state index in [2.05, 4.69) is 26.8 Å². The summed E-state index contributed by atoms with van der Waals surface area (Å²) in [6, 6.07) is 7.74. The van der Waals surface area contributed by atoms with Crippen LogP contribution in [-0.2, 0) is 0 Å². The number of anilines is 2. The van der Waals surface area contributed by atoms with Crippen LogP contribution in [0.4, 0.5) is 11.6 Å². The highest BCUT2D eigenvalue weighted by molar-refractivity contribution is 6.33. The van der Waals surface area contributed by atoms with Crippen LogP contribution in [0.15, 0.2) is 47.9 Å². The number of aromatic nitrogens is 2. The first kappa shape index (κ1) is 18.0. The molecule has 1 aliphatic rings. The zero-order valence-electron chi connectivity index (χ0n) is 14.2. The normalized spacial score (nSPS) is 14.2. The molecule has 26 heavy (non-hydrogen) atoms. The minimum absolute atomic E-state index is 0.00898. The van der Waals surface area contributed by atoms with Crippen molar-refractivity contribution >= 4 is 29.1 Å². The van der Waals surface area contributed by atoms with Gasteiger partial charge in [-0.25, -0.2) is 4.98 Å². The molecule has 1 fully saturated rings. The van der Waals surface area contributed by atoms with Gasteiger partial charge in [-0.3, -0.25) is 14.6 Å². The number of para-hydroxylation sites is 1. The monoisotopic (exact) mass is 373 g/mol. The molecule has 0 aliphatic carbocycles. The number of piperazine rings is 1. The Kier molecular flexibility index (Phi) is 5.58. The molecule has 2 aromatic rings. The van der Waals surface area contributed by atoms with E-state index in [1.807, 2.05) is 29.2 Å². The molecule has 2 heterocycles. The van der Waals surface area contributed by atoms with E-state index in [1.165, 1.54) is 6.20 Å². The number of nitrogens with one attached hydrogen (secondary N) is 2. The van der Waals surface area contributed by atoms with Gasteiger partial charge in [-0.15, -0.1) is 6.58 Å². The highest BCUT2D eigenvalue weighted by Gasteiger charge is 2.21. The molecule has 1 aromatic heterocycles. The summed E-state index contributed by atoms with van der Waals surface area (Å²) in [5, 5.41) is 3.29. The first-order chi connectivity index (χ1) is 12.6. The number of carbonyl (C=O) groups excluding carboxylic acids is 1. The lowest BCUT2D eigenvalue weighted by atomic mass is 10.2. The van der Waals surface area contributed by atoms with Crippen molar-refractivity contribution in [1.82, 2.24) is 15.3 Å². The topological polar surface area (TPSA) is 81.3 Å². The molecule has 2 N–H and O–H groups in total. The average molecular weight is 374 g/mol. The predicted molar refractivity (Wildman–Crippen MR) is 103 cm³/mol. The Balaban J connectivity index is 1.67. The number of halogens is 1. The van der Waals surface area contributed by atoms with E-state index in [0.717, 1.165) is 23.8 Å². The van der Waals surface area contributed by atoms with Gasteiger partial charge in [0.1, 0.15) is 5.56 Å². The van der Waals surface area contributed by atoms with Gasteiger partial charge in [0.15, 0.2) is 0 Å². The summed E-state index contributed by atoms with van der Waals surface area (Å²) in [7, 11) is 0. The lowest BCUT2D eigenvalue weighted by Gasteiger charge is -2.36. The summed E-state index contributed by atoms with van der Waals surface area (Å²) in [6.07, 6.45) is 2.86.